The fourth-order valence-electron chi connectivity index (χ4n) is 5.64. The van der Waals surface area contributed by atoms with Gasteiger partial charge in [0, 0.05) is 15.9 Å². The second-order valence-corrected chi connectivity index (χ2v) is 10.1. The molecule has 3 aliphatic carbocycles. The van der Waals surface area contributed by atoms with Crippen molar-refractivity contribution >= 4 is 45.8 Å². The molecule has 1 fully saturated rings. The summed E-state index contributed by atoms with van der Waals surface area (Å²) in [6.07, 6.45) is 1.10. The summed E-state index contributed by atoms with van der Waals surface area (Å²) in [5.41, 5.74) is 3.53. The number of ketones is 2. The molecule has 0 bridgehead atoms. The molecule has 1 saturated carbocycles. The number of hydrogen-bond acceptors (Lipinski definition) is 8. The molecule has 1 aromatic rings. The average Bonchev–Trinajstić information content (AvgIpc) is 2.72. The van der Waals surface area contributed by atoms with E-state index in [1.54, 1.807) is 20.2 Å². The SMILES string of the molecule is CN(C)[C@@H]1C(=O)C(C(N)=O)=C(O)[C@@]2(O)C(=O)C3=C(O)c4c(O)ccc(CCI)c4C[C@H]3C[C@@H]12. The summed E-state index contributed by atoms with van der Waals surface area (Å²) in [6, 6.07) is 2.15. The number of nitrogens with zero attached hydrogens (tertiary/aromatic N) is 1. The number of rotatable bonds is 4. The number of phenolic OH excluding ortho intramolecular Hbond substituents is 1. The highest BCUT2D eigenvalue weighted by Crippen LogP contribution is 2.52. The van der Waals surface area contributed by atoms with Crippen molar-refractivity contribution in [2.24, 2.45) is 17.6 Å². The summed E-state index contributed by atoms with van der Waals surface area (Å²) in [6.45, 7) is 0. The Morgan fingerprint density at radius 3 is 2.48 bits per heavy atom. The number of phenols is 1. The first kappa shape index (κ1) is 23.7. The van der Waals surface area contributed by atoms with E-state index >= 15 is 0 Å². The van der Waals surface area contributed by atoms with Crippen LogP contribution in [-0.2, 0) is 27.2 Å². The Labute approximate surface area is 203 Å². The van der Waals surface area contributed by atoms with E-state index in [1.165, 1.54) is 11.0 Å². The highest BCUT2D eigenvalue weighted by atomic mass is 127. The van der Waals surface area contributed by atoms with Gasteiger partial charge in [0.2, 0.25) is 5.78 Å². The number of fused-ring (bicyclic) bond motifs is 3. The number of aryl methyl sites for hydroxylation is 1. The zero-order valence-electron chi connectivity index (χ0n) is 18.1. The molecule has 1 aromatic carbocycles. The molecule has 0 saturated heterocycles. The van der Waals surface area contributed by atoms with Gasteiger partial charge in [0.15, 0.2) is 11.4 Å². The lowest BCUT2D eigenvalue weighted by Crippen LogP contribution is -2.65. The van der Waals surface area contributed by atoms with Crippen LogP contribution in [0, 0.1) is 11.8 Å². The molecule has 0 aromatic heterocycles. The maximum absolute atomic E-state index is 13.7. The van der Waals surface area contributed by atoms with Gasteiger partial charge in [-0.15, -0.1) is 0 Å². The Bertz CT molecular complexity index is 1160. The van der Waals surface area contributed by atoms with Crippen LogP contribution in [0.2, 0.25) is 0 Å². The number of benzene rings is 1. The predicted octanol–water partition coefficient (Wildman–Crippen LogP) is 0.942. The van der Waals surface area contributed by atoms with Gasteiger partial charge >= 0.3 is 0 Å². The van der Waals surface area contributed by atoms with E-state index in [1.807, 2.05) is 0 Å². The first-order chi connectivity index (χ1) is 15.5. The molecular weight excluding hydrogens is 543 g/mol. The third kappa shape index (κ3) is 3.22. The van der Waals surface area contributed by atoms with E-state index in [-0.39, 0.29) is 23.3 Å². The molecule has 176 valence electrons. The van der Waals surface area contributed by atoms with Crippen molar-refractivity contribution in [2.75, 3.05) is 18.5 Å². The van der Waals surface area contributed by atoms with Gasteiger partial charge in [-0.25, -0.2) is 0 Å². The molecule has 0 heterocycles. The molecule has 0 aliphatic heterocycles. The summed E-state index contributed by atoms with van der Waals surface area (Å²) >= 11 is 2.23. The van der Waals surface area contributed by atoms with Crippen molar-refractivity contribution in [1.29, 1.82) is 0 Å². The number of aromatic hydroxyl groups is 1. The number of nitrogens with two attached hydrogens (primary N) is 1. The van der Waals surface area contributed by atoms with Crippen molar-refractivity contribution in [2.45, 2.75) is 30.9 Å². The number of amides is 1. The van der Waals surface area contributed by atoms with Crippen molar-refractivity contribution < 1.29 is 34.8 Å². The zero-order valence-corrected chi connectivity index (χ0v) is 20.3. The van der Waals surface area contributed by atoms with Crippen molar-refractivity contribution in [1.82, 2.24) is 4.90 Å². The second kappa shape index (κ2) is 8.10. The highest BCUT2D eigenvalue weighted by Gasteiger charge is 2.64. The van der Waals surface area contributed by atoms with E-state index in [0.29, 0.717) is 12.8 Å². The number of likely N-dealkylation sites (N-methyl/N-ethyl adjacent to an activating group) is 1. The van der Waals surface area contributed by atoms with E-state index in [0.717, 1.165) is 15.6 Å². The van der Waals surface area contributed by atoms with Crippen LogP contribution in [0.4, 0.5) is 0 Å². The number of aliphatic hydroxyl groups excluding tert-OH is 2. The summed E-state index contributed by atoms with van der Waals surface area (Å²) in [4.78, 5) is 40.2. The Kier molecular flexibility index (Phi) is 5.82. The average molecular weight is 568 g/mol. The third-order valence-corrected chi connectivity index (χ3v) is 7.60. The van der Waals surface area contributed by atoms with Crippen LogP contribution in [-0.4, -0.2) is 73.0 Å². The Morgan fingerprint density at radius 2 is 1.91 bits per heavy atom. The number of carbonyl (C=O) groups is 3. The molecule has 0 unspecified atom stereocenters. The Balaban J connectivity index is 1.97. The number of aliphatic hydroxyl groups is 3. The monoisotopic (exact) mass is 568 g/mol. The molecule has 9 nitrogen and oxygen atoms in total. The molecule has 0 radical (unpaired) electrons. The molecule has 4 rings (SSSR count). The van der Waals surface area contributed by atoms with Crippen LogP contribution < -0.4 is 5.73 Å². The maximum atomic E-state index is 13.7. The third-order valence-electron chi connectivity index (χ3n) is 7.07. The normalized spacial score (nSPS) is 29.2. The van der Waals surface area contributed by atoms with E-state index < -0.39 is 58.0 Å². The van der Waals surface area contributed by atoms with Crippen LogP contribution >= 0.6 is 22.6 Å². The fourth-order valence-corrected chi connectivity index (χ4v) is 6.23. The number of primary amides is 1. The van der Waals surface area contributed by atoms with E-state index in [4.69, 9.17) is 5.73 Å². The Morgan fingerprint density at radius 1 is 1.24 bits per heavy atom. The predicted molar refractivity (Wildman–Crippen MR) is 127 cm³/mol. The van der Waals surface area contributed by atoms with Gasteiger partial charge in [-0.2, -0.15) is 0 Å². The lowest BCUT2D eigenvalue weighted by Gasteiger charge is -2.50. The minimum Gasteiger partial charge on any atom is -0.508 e. The van der Waals surface area contributed by atoms with Gasteiger partial charge in [0.05, 0.1) is 11.6 Å². The minimum atomic E-state index is -2.61. The van der Waals surface area contributed by atoms with E-state index in [9.17, 15) is 34.8 Å². The fraction of sp³-hybridized carbons (Fsp3) is 0.435. The molecule has 10 heteroatoms. The van der Waals surface area contributed by atoms with E-state index in [2.05, 4.69) is 22.6 Å². The lowest BCUT2D eigenvalue weighted by molar-refractivity contribution is -0.153. The zero-order chi connectivity index (χ0) is 24.4. The lowest BCUT2D eigenvalue weighted by atomic mass is 9.57. The topological polar surface area (TPSA) is 161 Å². The van der Waals surface area contributed by atoms with Gasteiger partial charge in [0.1, 0.15) is 22.8 Å². The summed E-state index contributed by atoms with van der Waals surface area (Å²) in [7, 11) is 3.15. The van der Waals surface area contributed by atoms with Crippen LogP contribution in [0.1, 0.15) is 23.1 Å². The summed E-state index contributed by atoms with van der Waals surface area (Å²) in [5.74, 6) is -6.37. The number of alkyl halides is 1. The minimum absolute atomic E-state index is 0.0884. The molecule has 4 atom stereocenters. The smallest absolute Gasteiger partial charge is 0.255 e. The van der Waals surface area contributed by atoms with Crippen LogP contribution in [0.3, 0.4) is 0 Å². The second-order valence-electron chi connectivity index (χ2n) is 9.00. The maximum Gasteiger partial charge on any atom is 0.255 e. The summed E-state index contributed by atoms with van der Waals surface area (Å²) in [5, 5.41) is 43.9. The highest BCUT2D eigenvalue weighted by molar-refractivity contribution is 14.1. The number of halogens is 1. The van der Waals surface area contributed by atoms with Crippen LogP contribution in [0.15, 0.2) is 29.0 Å². The van der Waals surface area contributed by atoms with Crippen LogP contribution in [0.25, 0.3) is 5.76 Å². The number of Topliss-reactive ketones (excluding diaryl/α,β-unsaturated/α-hetero) is 2. The molecule has 0 spiro atoms. The molecule has 33 heavy (non-hydrogen) atoms. The quantitative estimate of drug-likeness (QED) is 0.204. The Hall–Kier alpha value is -2.44. The van der Waals surface area contributed by atoms with Crippen molar-refractivity contribution in [3.8, 4) is 5.75 Å². The first-order valence-electron chi connectivity index (χ1n) is 10.5. The van der Waals surface area contributed by atoms with Crippen LogP contribution in [0.5, 0.6) is 5.75 Å². The molecule has 1 amide bonds. The van der Waals surface area contributed by atoms with Gasteiger partial charge in [-0.1, -0.05) is 28.7 Å². The number of carbonyl (C=O) groups excluding carboxylic acids is 3. The largest absolute Gasteiger partial charge is 0.508 e. The number of hydrogen-bond donors (Lipinski definition) is 5. The molecule has 6 N–H and O–H groups in total. The van der Waals surface area contributed by atoms with Gasteiger partial charge < -0.3 is 26.2 Å². The summed E-state index contributed by atoms with van der Waals surface area (Å²) < 4.78 is 0.810. The standard InChI is InChI=1S/C23H25IN2O7/c1-26(2)17-12-8-10-7-11-9(5-6-24)3-4-13(27)15(11)18(28)14(10)20(30)23(12,33)21(31)16(19(17)29)22(25)32/h3-4,10,12,17,27-28,31,33H,5-8H2,1-2H3,(H2,25,32)/t10-,12-,17-,23-/m0/s1. The van der Waals surface area contributed by atoms with Gasteiger partial charge in [0.25, 0.3) is 5.91 Å². The van der Waals surface area contributed by atoms with Gasteiger partial charge in [-0.3, -0.25) is 19.3 Å². The van der Waals surface area contributed by atoms with Crippen molar-refractivity contribution in [3.05, 3.63) is 45.7 Å². The van der Waals surface area contributed by atoms with Gasteiger partial charge in [-0.05, 0) is 56.5 Å². The first-order valence-corrected chi connectivity index (χ1v) is 12.0. The molecule has 3 aliphatic rings. The molecular formula is C23H25IN2O7. The van der Waals surface area contributed by atoms with Crippen molar-refractivity contribution in [3.63, 3.8) is 0 Å².